The molecule has 0 aliphatic rings. The highest BCUT2D eigenvalue weighted by Gasteiger charge is 2.01. The zero-order valence-electron chi connectivity index (χ0n) is 11.5. The van der Waals surface area contributed by atoms with Gasteiger partial charge in [0.1, 0.15) is 5.75 Å². The summed E-state index contributed by atoms with van der Waals surface area (Å²) in [5.41, 5.74) is 2.71. The predicted octanol–water partition coefficient (Wildman–Crippen LogP) is 2.86. The first kappa shape index (κ1) is 13.9. The van der Waals surface area contributed by atoms with Crippen LogP contribution in [0.3, 0.4) is 0 Å². The van der Waals surface area contributed by atoms with Crippen LogP contribution in [0.4, 0.5) is 10.5 Å². The van der Waals surface area contributed by atoms with Crippen molar-refractivity contribution in [3.8, 4) is 5.75 Å². The summed E-state index contributed by atoms with van der Waals surface area (Å²) >= 11 is 0. The average molecular weight is 271 g/mol. The summed E-state index contributed by atoms with van der Waals surface area (Å²) < 4.78 is 5.40. The van der Waals surface area contributed by atoms with Crippen molar-refractivity contribution in [1.29, 1.82) is 0 Å². The van der Waals surface area contributed by atoms with E-state index in [1.165, 1.54) is 0 Å². The molecule has 0 saturated carbocycles. The van der Waals surface area contributed by atoms with Gasteiger partial charge in [0.05, 0.1) is 11.9 Å². The van der Waals surface area contributed by atoms with Crippen LogP contribution in [0.25, 0.3) is 0 Å². The molecule has 0 unspecified atom stereocenters. The van der Waals surface area contributed by atoms with Gasteiger partial charge in [-0.1, -0.05) is 17.7 Å². The van der Waals surface area contributed by atoms with E-state index in [0.717, 1.165) is 11.3 Å². The molecule has 2 N–H and O–H groups in total. The molecule has 0 radical (unpaired) electrons. The number of carbonyl (C=O) groups excluding carboxylic acids is 1. The Hall–Kier alpha value is -2.56. The van der Waals surface area contributed by atoms with Crippen LogP contribution in [0, 0.1) is 13.8 Å². The lowest BCUT2D eigenvalue weighted by molar-refractivity contribution is 0.234. The van der Waals surface area contributed by atoms with Gasteiger partial charge in [-0.25, -0.2) is 4.79 Å². The molecule has 0 spiro atoms. The Balaban J connectivity index is 1.75. The number of ether oxygens (including phenoxy) is 1. The van der Waals surface area contributed by atoms with Crippen molar-refractivity contribution in [3.63, 3.8) is 0 Å². The molecule has 2 amide bonds. The molecule has 0 fully saturated rings. The molecule has 2 rings (SSSR count). The minimum atomic E-state index is -0.331. The highest BCUT2D eigenvalue weighted by atomic mass is 16.5. The minimum Gasteiger partial charge on any atom is -0.473 e. The molecule has 0 atom stereocenters. The van der Waals surface area contributed by atoms with E-state index in [1.54, 1.807) is 12.3 Å². The van der Waals surface area contributed by atoms with Crippen molar-refractivity contribution in [2.45, 2.75) is 13.8 Å². The number of pyridine rings is 1. The first-order valence-electron chi connectivity index (χ1n) is 6.30. The number of urea groups is 1. The Kier molecular flexibility index (Phi) is 4.55. The molecule has 20 heavy (non-hydrogen) atoms. The highest BCUT2D eigenvalue weighted by Crippen LogP contribution is 2.10. The van der Waals surface area contributed by atoms with E-state index in [4.69, 9.17) is 4.74 Å². The van der Waals surface area contributed by atoms with Crippen molar-refractivity contribution < 1.29 is 9.53 Å². The third-order valence-corrected chi connectivity index (χ3v) is 2.66. The molecule has 0 saturated heterocycles. The monoisotopic (exact) mass is 271 g/mol. The second-order valence-electron chi connectivity index (χ2n) is 4.42. The Bertz CT molecular complexity index is 565. The molecule has 1 aromatic carbocycles. The van der Waals surface area contributed by atoms with Crippen LogP contribution < -0.4 is 15.4 Å². The fourth-order valence-electron chi connectivity index (χ4n) is 1.54. The third-order valence-electron chi connectivity index (χ3n) is 2.66. The van der Waals surface area contributed by atoms with Crippen molar-refractivity contribution in [3.05, 3.63) is 53.9 Å². The van der Waals surface area contributed by atoms with Gasteiger partial charge in [-0.05, 0) is 38.1 Å². The number of hydrogen-bond acceptors (Lipinski definition) is 3. The largest absolute Gasteiger partial charge is 0.473 e. The van der Waals surface area contributed by atoms with Gasteiger partial charge in [-0.15, -0.1) is 0 Å². The van der Waals surface area contributed by atoms with Crippen LogP contribution in [0.5, 0.6) is 5.75 Å². The number of amides is 2. The summed E-state index contributed by atoms with van der Waals surface area (Å²) in [5.74, 6) is 0.716. The molecule has 1 heterocycles. The second kappa shape index (κ2) is 6.56. The number of aryl methyl sites for hydroxylation is 2. The molecule has 0 aliphatic carbocycles. The van der Waals surface area contributed by atoms with Gasteiger partial charge in [0.15, 0.2) is 6.73 Å². The van der Waals surface area contributed by atoms with Crippen molar-refractivity contribution in [2.75, 3.05) is 12.0 Å². The molecular formula is C15H17N3O2. The smallest absolute Gasteiger partial charge is 0.321 e. The quantitative estimate of drug-likeness (QED) is 0.840. The lowest BCUT2D eigenvalue weighted by Gasteiger charge is -2.09. The standard InChI is InChI=1S/C15H17N3O2/c1-11-3-7-14(8-4-11)20-10-17-15(19)18-13-6-5-12(2)16-9-13/h3-9H,10H2,1-2H3,(H2,17,18,19). The van der Waals surface area contributed by atoms with E-state index < -0.39 is 0 Å². The normalized spacial score (nSPS) is 9.90. The first-order valence-corrected chi connectivity index (χ1v) is 6.30. The second-order valence-corrected chi connectivity index (χ2v) is 4.42. The first-order chi connectivity index (χ1) is 9.63. The van der Waals surface area contributed by atoms with Gasteiger partial charge in [0.25, 0.3) is 0 Å². The van der Waals surface area contributed by atoms with Gasteiger partial charge in [-0.3, -0.25) is 4.98 Å². The van der Waals surface area contributed by atoms with E-state index in [0.29, 0.717) is 11.4 Å². The van der Waals surface area contributed by atoms with Gasteiger partial charge in [0, 0.05) is 5.69 Å². The summed E-state index contributed by atoms with van der Waals surface area (Å²) in [6.45, 7) is 4.00. The van der Waals surface area contributed by atoms with Gasteiger partial charge in [0.2, 0.25) is 0 Å². The number of carbonyl (C=O) groups is 1. The fraction of sp³-hybridized carbons (Fsp3) is 0.200. The fourth-order valence-corrected chi connectivity index (χ4v) is 1.54. The topological polar surface area (TPSA) is 63.2 Å². The predicted molar refractivity (Wildman–Crippen MR) is 77.8 cm³/mol. The van der Waals surface area contributed by atoms with E-state index in [2.05, 4.69) is 15.6 Å². The lowest BCUT2D eigenvalue weighted by Crippen LogP contribution is -2.32. The number of nitrogens with one attached hydrogen (secondary N) is 2. The van der Waals surface area contributed by atoms with Crippen molar-refractivity contribution >= 4 is 11.7 Å². The number of aromatic nitrogens is 1. The summed E-state index contributed by atoms with van der Waals surface area (Å²) in [7, 11) is 0. The summed E-state index contributed by atoms with van der Waals surface area (Å²) in [6.07, 6.45) is 1.61. The minimum absolute atomic E-state index is 0.105. The maximum absolute atomic E-state index is 11.6. The van der Waals surface area contributed by atoms with Crippen LogP contribution in [-0.2, 0) is 0 Å². The third kappa shape index (κ3) is 4.28. The van der Waals surface area contributed by atoms with Gasteiger partial charge < -0.3 is 15.4 Å². The van der Waals surface area contributed by atoms with Crippen LogP contribution in [0.1, 0.15) is 11.3 Å². The number of nitrogens with zero attached hydrogens (tertiary/aromatic N) is 1. The molecule has 104 valence electrons. The van der Waals surface area contributed by atoms with Gasteiger partial charge in [-0.2, -0.15) is 0 Å². The zero-order valence-corrected chi connectivity index (χ0v) is 11.5. The Morgan fingerprint density at radius 2 is 1.90 bits per heavy atom. The molecular weight excluding hydrogens is 254 g/mol. The number of benzene rings is 1. The average Bonchev–Trinajstić information content (AvgIpc) is 2.44. The molecule has 1 aromatic heterocycles. The van der Waals surface area contributed by atoms with Crippen LogP contribution in [0.15, 0.2) is 42.6 Å². The summed E-state index contributed by atoms with van der Waals surface area (Å²) in [5, 5.41) is 5.28. The Morgan fingerprint density at radius 1 is 1.15 bits per heavy atom. The maximum Gasteiger partial charge on any atom is 0.321 e. The van der Waals surface area contributed by atoms with E-state index in [-0.39, 0.29) is 12.8 Å². The van der Waals surface area contributed by atoms with E-state index >= 15 is 0 Å². The Labute approximate surface area is 118 Å². The molecule has 0 aliphatic heterocycles. The van der Waals surface area contributed by atoms with E-state index in [1.807, 2.05) is 44.2 Å². The number of hydrogen-bond donors (Lipinski definition) is 2. The highest BCUT2D eigenvalue weighted by molar-refractivity contribution is 5.88. The Morgan fingerprint density at radius 3 is 2.55 bits per heavy atom. The maximum atomic E-state index is 11.6. The molecule has 2 aromatic rings. The van der Waals surface area contributed by atoms with Crippen LogP contribution >= 0.6 is 0 Å². The zero-order chi connectivity index (χ0) is 14.4. The summed E-state index contributed by atoms with van der Waals surface area (Å²) in [6, 6.07) is 10.9. The molecule has 0 bridgehead atoms. The number of anilines is 1. The SMILES string of the molecule is Cc1ccc(OCNC(=O)Nc2ccc(C)nc2)cc1. The van der Waals surface area contributed by atoms with E-state index in [9.17, 15) is 4.79 Å². The number of rotatable bonds is 4. The van der Waals surface area contributed by atoms with Gasteiger partial charge >= 0.3 is 6.03 Å². The molecule has 5 heteroatoms. The molecule has 5 nitrogen and oxygen atoms in total. The van der Waals surface area contributed by atoms with Crippen molar-refractivity contribution in [1.82, 2.24) is 10.3 Å². The van der Waals surface area contributed by atoms with Crippen molar-refractivity contribution in [2.24, 2.45) is 0 Å². The van der Waals surface area contributed by atoms with Crippen LogP contribution in [0.2, 0.25) is 0 Å². The summed E-state index contributed by atoms with van der Waals surface area (Å²) in [4.78, 5) is 15.7. The lowest BCUT2D eigenvalue weighted by atomic mass is 10.2. The van der Waals surface area contributed by atoms with Crippen LogP contribution in [-0.4, -0.2) is 17.7 Å².